The molecule has 1 aromatic carbocycles. The van der Waals surface area contributed by atoms with Crippen LogP contribution in [0.2, 0.25) is 0 Å². The predicted octanol–water partition coefficient (Wildman–Crippen LogP) is 3.56. The van der Waals surface area contributed by atoms with Crippen molar-refractivity contribution in [3.63, 3.8) is 0 Å². The van der Waals surface area contributed by atoms with Crippen molar-refractivity contribution in [1.29, 1.82) is 0 Å². The summed E-state index contributed by atoms with van der Waals surface area (Å²) in [6.45, 7) is 5.41. The molecule has 30 heavy (non-hydrogen) atoms. The Bertz CT molecular complexity index is 1040. The molecule has 0 spiro atoms. The van der Waals surface area contributed by atoms with Crippen LogP contribution >= 0.6 is 11.3 Å². The SMILES string of the molecule is CCOC(=O)C1CCN([C@H](c2cccc(F)c2)c2sc3nc(CC)nn3c2O)CC1. The van der Waals surface area contributed by atoms with E-state index in [1.165, 1.54) is 28.0 Å². The van der Waals surface area contributed by atoms with Crippen LogP contribution in [0.25, 0.3) is 4.96 Å². The van der Waals surface area contributed by atoms with E-state index in [2.05, 4.69) is 15.0 Å². The van der Waals surface area contributed by atoms with Crippen LogP contribution in [0.5, 0.6) is 5.88 Å². The number of thiazole rings is 1. The standard InChI is InChI=1S/C21H25FN4O3S/c1-3-16-23-21-26(24-16)19(27)18(30-21)17(14-6-5-7-15(22)12-14)25-10-8-13(9-11-25)20(28)29-4-2/h5-7,12-13,17,27H,3-4,8-11H2,1-2H3/t17-/m1/s1. The summed E-state index contributed by atoms with van der Waals surface area (Å²) in [5.74, 6) is 0.0846. The highest BCUT2D eigenvalue weighted by molar-refractivity contribution is 7.17. The van der Waals surface area contributed by atoms with Crippen LogP contribution in [0.1, 0.15) is 49.0 Å². The van der Waals surface area contributed by atoms with Crippen LogP contribution in [-0.4, -0.2) is 50.3 Å². The van der Waals surface area contributed by atoms with E-state index in [0.29, 0.717) is 54.6 Å². The number of piperidine rings is 1. The van der Waals surface area contributed by atoms with Gasteiger partial charge in [0.25, 0.3) is 0 Å². The van der Waals surface area contributed by atoms with Gasteiger partial charge in [0.05, 0.1) is 23.4 Å². The monoisotopic (exact) mass is 432 g/mol. The molecule has 1 aliphatic heterocycles. The summed E-state index contributed by atoms with van der Waals surface area (Å²) in [5.41, 5.74) is 0.750. The fraction of sp³-hybridized carbons (Fsp3) is 0.476. The minimum Gasteiger partial charge on any atom is -0.492 e. The Kier molecular flexibility index (Phi) is 6.01. The summed E-state index contributed by atoms with van der Waals surface area (Å²) in [6, 6.07) is 6.09. The van der Waals surface area contributed by atoms with Crippen LogP contribution in [0.15, 0.2) is 24.3 Å². The zero-order valence-electron chi connectivity index (χ0n) is 17.0. The van der Waals surface area contributed by atoms with Gasteiger partial charge >= 0.3 is 5.97 Å². The molecule has 0 radical (unpaired) electrons. The van der Waals surface area contributed by atoms with E-state index in [9.17, 15) is 14.3 Å². The largest absolute Gasteiger partial charge is 0.492 e. The minimum atomic E-state index is -0.345. The minimum absolute atomic E-state index is 0.0315. The molecule has 1 N–H and O–H groups in total. The first kappa shape index (κ1) is 20.7. The first-order chi connectivity index (χ1) is 14.5. The van der Waals surface area contributed by atoms with Gasteiger partial charge in [-0.15, -0.1) is 5.10 Å². The number of fused-ring (bicyclic) bond motifs is 1. The van der Waals surface area contributed by atoms with E-state index in [1.54, 1.807) is 13.0 Å². The molecule has 7 nitrogen and oxygen atoms in total. The smallest absolute Gasteiger partial charge is 0.309 e. The van der Waals surface area contributed by atoms with Crippen molar-refractivity contribution in [2.24, 2.45) is 5.92 Å². The zero-order valence-corrected chi connectivity index (χ0v) is 17.9. The topological polar surface area (TPSA) is 80.0 Å². The highest BCUT2D eigenvalue weighted by Gasteiger charge is 2.34. The van der Waals surface area contributed by atoms with Crippen LogP contribution < -0.4 is 0 Å². The van der Waals surface area contributed by atoms with Gasteiger partial charge in [0.1, 0.15) is 5.82 Å². The van der Waals surface area contributed by atoms with Gasteiger partial charge in [-0.05, 0) is 50.6 Å². The Balaban J connectivity index is 1.67. The number of likely N-dealkylation sites (tertiary alicyclic amines) is 1. The Hall–Kier alpha value is -2.52. The summed E-state index contributed by atoms with van der Waals surface area (Å²) in [5, 5.41) is 15.3. The molecule has 0 saturated carbocycles. The molecule has 1 atom stereocenters. The number of esters is 1. The van der Waals surface area contributed by atoms with Crippen molar-refractivity contribution >= 4 is 22.3 Å². The maximum absolute atomic E-state index is 14.0. The number of rotatable bonds is 6. The second-order valence-electron chi connectivity index (χ2n) is 7.39. The van der Waals surface area contributed by atoms with E-state index in [0.717, 1.165) is 5.56 Å². The zero-order chi connectivity index (χ0) is 21.3. The first-order valence-electron chi connectivity index (χ1n) is 10.2. The van der Waals surface area contributed by atoms with E-state index in [4.69, 9.17) is 4.74 Å². The van der Waals surface area contributed by atoms with E-state index < -0.39 is 0 Å². The van der Waals surface area contributed by atoms with Gasteiger partial charge < -0.3 is 9.84 Å². The molecule has 160 valence electrons. The summed E-state index contributed by atoms with van der Waals surface area (Å²) < 4.78 is 20.7. The third-order valence-electron chi connectivity index (χ3n) is 5.49. The second-order valence-corrected chi connectivity index (χ2v) is 8.39. The predicted molar refractivity (Wildman–Crippen MR) is 111 cm³/mol. The molecule has 1 aliphatic rings. The number of carbonyl (C=O) groups is 1. The van der Waals surface area contributed by atoms with Gasteiger partial charge in [-0.25, -0.2) is 9.37 Å². The number of hydrogen-bond donors (Lipinski definition) is 1. The summed E-state index contributed by atoms with van der Waals surface area (Å²) in [7, 11) is 0. The van der Waals surface area contributed by atoms with Crippen molar-refractivity contribution in [3.05, 3.63) is 46.3 Å². The highest BCUT2D eigenvalue weighted by atomic mass is 32.1. The van der Waals surface area contributed by atoms with Crippen LogP contribution in [-0.2, 0) is 16.0 Å². The molecule has 0 bridgehead atoms. The molecular formula is C21H25FN4O3S. The maximum atomic E-state index is 14.0. The van der Waals surface area contributed by atoms with E-state index >= 15 is 0 Å². The molecule has 1 saturated heterocycles. The number of halogens is 1. The van der Waals surface area contributed by atoms with Gasteiger partial charge in [-0.3, -0.25) is 9.69 Å². The molecule has 2 aromatic heterocycles. The van der Waals surface area contributed by atoms with Crippen LogP contribution in [0.4, 0.5) is 4.39 Å². The highest BCUT2D eigenvalue weighted by Crippen LogP contribution is 2.41. The summed E-state index contributed by atoms with van der Waals surface area (Å²) in [4.78, 5) is 20.0. The number of carbonyl (C=O) groups excluding carboxylic acids is 1. The Morgan fingerprint density at radius 2 is 2.13 bits per heavy atom. The van der Waals surface area contributed by atoms with Crippen molar-refractivity contribution in [3.8, 4) is 5.88 Å². The maximum Gasteiger partial charge on any atom is 0.309 e. The number of aromatic nitrogens is 3. The molecule has 4 rings (SSSR count). The summed E-state index contributed by atoms with van der Waals surface area (Å²) in [6.07, 6.45) is 2.00. The molecule has 0 unspecified atom stereocenters. The number of aromatic hydroxyl groups is 1. The van der Waals surface area contributed by atoms with Crippen molar-refractivity contribution in [2.45, 2.75) is 39.2 Å². The lowest BCUT2D eigenvalue weighted by Gasteiger charge is -2.36. The molecule has 0 aliphatic carbocycles. The van der Waals surface area contributed by atoms with Gasteiger partial charge in [-0.1, -0.05) is 30.4 Å². The number of hydrogen-bond acceptors (Lipinski definition) is 7. The molecule has 1 fully saturated rings. The molecule has 3 aromatic rings. The number of ether oxygens (including phenoxy) is 1. The first-order valence-corrected chi connectivity index (χ1v) is 11.1. The van der Waals surface area contributed by atoms with Crippen molar-refractivity contribution in [1.82, 2.24) is 19.5 Å². The van der Waals surface area contributed by atoms with E-state index in [1.807, 2.05) is 13.0 Å². The molecular weight excluding hydrogens is 407 g/mol. The molecule has 9 heteroatoms. The third-order valence-corrected chi connectivity index (χ3v) is 6.56. The molecule has 3 heterocycles. The number of aryl methyl sites for hydroxylation is 1. The fourth-order valence-corrected chi connectivity index (χ4v) is 5.11. The third kappa shape index (κ3) is 3.91. The van der Waals surface area contributed by atoms with Gasteiger partial charge in [0.15, 0.2) is 5.82 Å². The normalized spacial score (nSPS) is 16.8. The lowest BCUT2D eigenvalue weighted by Crippen LogP contribution is -2.39. The van der Waals surface area contributed by atoms with Gasteiger partial charge in [-0.2, -0.15) is 4.52 Å². The van der Waals surface area contributed by atoms with E-state index in [-0.39, 0.29) is 29.6 Å². The lowest BCUT2D eigenvalue weighted by molar-refractivity contribution is -0.149. The Morgan fingerprint density at radius 1 is 1.37 bits per heavy atom. The number of benzene rings is 1. The van der Waals surface area contributed by atoms with Crippen LogP contribution in [0.3, 0.4) is 0 Å². The van der Waals surface area contributed by atoms with Gasteiger partial charge in [0, 0.05) is 6.42 Å². The summed E-state index contributed by atoms with van der Waals surface area (Å²) >= 11 is 1.36. The Labute approximate surface area is 178 Å². The second kappa shape index (κ2) is 8.69. The Morgan fingerprint density at radius 3 is 2.77 bits per heavy atom. The van der Waals surface area contributed by atoms with Crippen molar-refractivity contribution < 1.29 is 19.0 Å². The quantitative estimate of drug-likeness (QED) is 0.600. The lowest BCUT2D eigenvalue weighted by atomic mass is 9.93. The average Bonchev–Trinajstić information content (AvgIpc) is 3.28. The number of nitrogens with zero attached hydrogens (tertiary/aromatic N) is 4. The van der Waals surface area contributed by atoms with Crippen LogP contribution in [0, 0.1) is 11.7 Å². The average molecular weight is 433 g/mol. The van der Waals surface area contributed by atoms with Gasteiger partial charge in [0.2, 0.25) is 10.8 Å². The van der Waals surface area contributed by atoms with Crippen molar-refractivity contribution in [2.75, 3.05) is 19.7 Å². The fourth-order valence-electron chi connectivity index (χ4n) is 3.98. The molecule has 0 amide bonds.